The van der Waals surface area contributed by atoms with Crippen molar-refractivity contribution in [3.8, 4) is 0 Å². The summed E-state index contributed by atoms with van der Waals surface area (Å²) >= 11 is 0. The molecule has 0 aliphatic rings. The summed E-state index contributed by atoms with van der Waals surface area (Å²) in [6.45, 7) is 6.43. The van der Waals surface area contributed by atoms with E-state index in [0.717, 1.165) is 148 Å². The Morgan fingerprint density at radius 1 is 0.362 bits per heavy atom. The fourth-order valence-corrected chi connectivity index (χ4v) is 8.38. The van der Waals surface area contributed by atoms with Crippen LogP contribution in [0.25, 0.3) is 0 Å². The van der Waals surface area contributed by atoms with Crippen molar-refractivity contribution >= 4 is 17.9 Å². The Labute approximate surface area is 425 Å². The van der Waals surface area contributed by atoms with Gasteiger partial charge in [0.15, 0.2) is 6.10 Å². The van der Waals surface area contributed by atoms with E-state index in [2.05, 4.69) is 69.4 Å². The van der Waals surface area contributed by atoms with E-state index in [9.17, 15) is 24.6 Å². The standard InChI is InChI=1S/C61H110O8/c1-4-7-10-13-14-15-16-17-18-19-20-29-34-39-46-53-61(66)69-58(54-67-59(64)51-44-37-32-27-23-21-25-30-35-42-49-56(62)47-40-11-8-5-2)55-68-60(65)52-45-38-33-28-24-22-26-31-36-43-50-57(63)48-41-12-9-6-3/h14-15,17-18,35-36,42-43,56-58,62-63H,4-13,16,19-34,37-41,44-55H2,1-3H3/b15-14-,18-17-,42-35+,43-36+. The minimum Gasteiger partial charge on any atom is -0.462 e. The number of aliphatic hydroxyl groups is 2. The van der Waals surface area contributed by atoms with E-state index in [1.54, 1.807) is 0 Å². The van der Waals surface area contributed by atoms with Crippen LogP contribution >= 0.6 is 0 Å². The van der Waals surface area contributed by atoms with E-state index >= 15 is 0 Å². The summed E-state index contributed by atoms with van der Waals surface area (Å²) in [5.74, 6) is -0.966. The van der Waals surface area contributed by atoms with Gasteiger partial charge in [-0.05, 0) is 103 Å². The monoisotopic (exact) mass is 971 g/mol. The number of esters is 3. The van der Waals surface area contributed by atoms with Crippen molar-refractivity contribution in [3.63, 3.8) is 0 Å². The van der Waals surface area contributed by atoms with Gasteiger partial charge in [-0.15, -0.1) is 0 Å². The van der Waals surface area contributed by atoms with E-state index in [1.807, 2.05) is 0 Å². The predicted octanol–water partition coefficient (Wildman–Crippen LogP) is 17.4. The number of allylic oxidation sites excluding steroid dienone is 6. The molecule has 0 saturated carbocycles. The molecule has 0 saturated heterocycles. The summed E-state index contributed by atoms with van der Waals surface area (Å²) in [4.78, 5) is 38.2. The molecule has 0 radical (unpaired) electrons. The quantitative estimate of drug-likeness (QED) is 0.0268. The molecule has 0 spiro atoms. The molecule has 8 nitrogen and oxygen atoms in total. The summed E-state index contributed by atoms with van der Waals surface area (Å²) in [5.41, 5.74) is 0. The van der Waals surface area contributed by atoms with Crippen LogP contribution in [0.2, 0.25) is 0 Å². The van der Waals surface area contributed by atoms with Crippen LogP contribution < -0.4 is 0 Å². The lowest BCUT2D eigenvalue weighted by Gasteiger charge is -2.18. The number of rotatable bonds is 53. The van der Waals surface area contributed by atoms with E-state index in [1.165, 1.54) is 103 Å². The number of unbranched alkanes of at least 4 members (excludes halogenated alkanes) is 28. The SMILES string of the molecule is CCCCC/C=C\C/C=C\CCCCCCCC(=O)OC(COC(=O)CCCCCCCCC/C=C/CC(O)CCCCCC)COC(=O)CCCCCCCCC/C=C/CC(O)CCCCCC. The third kappa shape index (κ3) is 52.9. The molecule has 0 aliphatic carbocycles. The molecular weight excluding hydrogens is 861 g/mol. The summed E-state index contributed by atoms with van der Waals surface area (Å²) in [5, 5.41) is 20.2. The van der Waals surface area contributed by atoms with Crippen molar-refractivity contribution < 1.29 is 38.8 Å². The maximum absolute atomic E-state index is 12.8. The molecule has 0 amide bonds. The van der Waals surface area contributed by atoms with Gasteiger partial charge in [0.25, 0.3) is 0 Å². The van der Waals surface area contributed by atoms with Crippen molar-refractivity contribution in [2.45, 2.75) is 309 Å². The van der Waals surface area contributed by atoms with Gasteiger partial charge in [0.2, 0.25) is 0 Å². The lowest BCUT2D eigenvalue weighted by Crippen LogP contribution is -2.30. The summed E-state index contributed by atoms with van der Waals surface area (Å²) in [7, 11) is 0. The van der Waals surface area contributed by atoms with Gasteiger partial charge in [-0.3, -0.25) is 14.4 Å². The first-order valence-electron chi connectivity index (χ1n) is 29.3. The fraction of sp³-hybridized carbons (Fsp3) is 0.820. The highest BCUT2D eigenvalue weighted by Gasteiger charge is 2.19. The lowest BCUT2D eigenvalue weighted by atomic mass is 10.1. The average molecular weight is 972 g/mol. The number of hydrogen-bond acceptors (Lipinski definition) is 8. The third-order valence-electron chi connectivity index (χ3n) is 12.9. The first kappa shape index (κ1) is 66.3. The Bertz CT molecular complexity index is 1180. The molecule has 2 atom stereocenters. The topological polar surface area (TPSA) is 119 Å². The molecule has 8 heteroatoms. The highest BCUT2D eigenvalue weighted by molar-refractivity contribution is 5.71. The van der Waals surface area contributed by atoms with E-state index in [4.69, 9.17) is 14.2 Å². The van der Waals surface area contributed by atoms with Crippen LogP contribution in [0.4, 0.5) is 0 Å². The molecule has 69 heavy (non-hydrogen) atoms. The highest BCUT2D eigenvalue weighted by Crippen LogP contribution is 2.16. The second-order valence-corrected chi connectivity index (χ2v) is 19.9. The van der Waals surface area contributed by atoms with Crippen molar-refractivity contribution in [1.82, 2.24) is 0 Å². The third-order valence-corrected chi connectivity index (χ3v) is 12.9. The van der Waals surface area contributed by atoms with Gasteiger partial charge in [-0.1, -0.05) is 217 Å². The van der Waals surface area contributed by atoms with Gasteiger partial charge in [0.1, 0.15) is 13.2 Å². The van der Waals surface area contributed by atoms with Crippen LogP contribution in [0.15, 0.2) is 48.6 Å². The van der Waals surface area contributed by atoms with Crippen LogP contribution in [0, 0.1) is 0 Å². The smallest absolute Gasteiger partial charge is 0.306 e. The predicted molar refractivity (Wildman–Crippen MR) is 291 cm³/mol. The molecule has 0 aromatic heterocycles. The second-order valence-electron chi connectivity index (χ2n) is 19.9. The Hall–Kier alpha value is -2.71. The minimum atomic E-state index is -0.811. The molecule has 0 bridgehead atoms. The van der Waals surface area contributed by atoms with Crippen molar-refractivity contribution in [2.24, 2.45) is 0 Å². The second kappa shape index (κ2) is 54.6. The molecular formula is C61H110O8. The Kier molecular flexibility index (Phi) is 52.5. The average Bonchev–Trinajstić information content (AvgIpc) is 3.34. The van der Waals surface area contributed by atoms with Gasteiger partial charge in [-0.2, -0.15) is 0 Å². The molecule has 2 unspecified atom stereocenters. The number of ether oxygens (including phenoxy) is 3. The lowest BCUT2D eigenvalue weighted by molar-refractivity contribution is -0.167. The fourth-order valence-electron chi connectivity index (χ4n) is 8.38. The molecule has 0 fully saturated rings. The van der Waals surface area contributed by atoms with Crippen LogP contribution in [0.5, 0.6) is 0 Å². The molecule has 2 N–H and O–H groups in total. The molecule has 0 aromatic rings. The first-order valence-corrected chi connectivity index (χ1v) is 29.3. The molecule has 0 heterocycles. The number of hydrogen-bond donors (Lipinski definition) is 2. The van der Waals surface area contributed by atoms with Crippen LogP contribution in [-0.2, 0) is 28.6 Å². The van der Waals surface area contributed by atoms with Crippen molar-refractivity contribution in [1.29, 1.82) is 0 Å². The summed E-state index contributed by atoms with van der Waals surface area (Å²) in [6, 6.07) is 0. The van der Waals surface area contributed by atoms with Crippen molar-refractivity contribution in [3.05, 3.63) is 48.6 Å². The zero-order valence-electron chi connectivity index (χ0n) is 45.3. The molecule has 402 valence electrons. The zero-order valence-corrected chi connectivity index (χ0v) is 45.3. The normalized spacial score (nSPS) is 13.3. The van der Waals surface area contributed by atoms with Crippen molar-refractivity contribution in [2.75, 3.05) is 13.2 Å². The van der Waals surface area contributed by atoms with Crippen LogP contribution in [0.3, 0.4) is 0 Å². The van der Waals surface area contributed by atoms with Gasteiger partial charge in [0.05, 0.1) is 12.2 Å². The molecule has 0 rings (SSSR count). The van der Waals surface area contributed by atoms with Crippen LogP contribution in [-0.4, -0.2) is 59.6 Å². The zero-order chi connectivity index (χ0) is 50.4. The summed E-state index contributed by atoms with van der Waals surface area (Å²) in [6.07, 6.45) is 59.8. The Morgan fingerprint density at radius 3 is 1.06 bits per heavy atom. The first-order chi connectivity index (χ1) is 33.8. The maximum atomic E-state index is 12.8. The molecule has 0 aliphatic heterocycles. The number of carbonyl (C=O) groups is 3. The van der Waals surface area contributed by atoms with E-state index < -0.39 is 6.10 Å². The highest BCUT2D eigenvalue weighted by atomic mass is 16.6. The molecule has 0 aromatic carbocycles. The van der Waals surface area contributed by atoms with Gasteiger partial charge in [-0.25, -0.2) is 0 Å². The maximum Gasteiger partial charge on any atom is 0.306 e. The van der Waals surface area contributed by atoms with Gasteiger partial charge < -0.3 is 24.4 Å². The summed E-state index contributed by atoms with van der Waals surface area (Å²) < 4.78 is 16.8. The van der Waals surface area contributed by atoms with Gasteiger partial charge >= 0.3 is 17.9 Å². The Morgan fingerprint density at radius 2 is 0.667 bits per heavy atom. The minimum absolute atomic E-state index is 0.108. The van der Waals surface area contributed by atoms with E-state index in [0.29, 0.717) is 19.3 Å². The Balaban J connectivity index is 4.44. The number of carbonyl (C=O) groups excluding carboxylic acids is 3. The van der Waals surface area contributed by atoms with E-state index in [-0.39, 0.29) is 43.3 Å². The largest absolute Gasteiger partial charge is 0.462 e. The number of aliphatic hydroxyl groups excluding tert-OH is 2. The van der Waals surface area contributed by atoms with Gasteiger partial charge in [0, 0.05) is 19.3 Å². The van der Waals surface area contributed by atoms with Crippen LogP contribution in [0.1, 0.15) is 290 Å².